The second kappa shape index (κ2) is 5.63. The minimum Gasteiger partial charge on any atom is -0.321 e. The molecule has 1 N–H and O–H groups in total. The number of hydrogen-bond donors (Lipinski definition) is 1. The van der Waals surface area contributed by atoms with E-state index in [1.807, 2.05) is 0 Å². The summed E-state index contributed by atoms with van der Waals surface area (Å²) >= 11 is 5.62. The topological polar surface area (TPSA) is 98.5 Å². The molecule has 2 heterocycles. The number of nitrogens with one attached hydrogen (secondary N) is 1. The predicted octanol–water partition coefficient (Wildman–Crippen LogP) is 1.36. The number of amides is 1. The Kier molecular flexibility index (Phi) is 3.52. The molecular formula is C12H8ClN7O. The number of nitrogens with zero attached hydrogens (tertiary/aromatic N) is 6. The first-order valence-corrected chi connectivity index (χ1v) is 6.22. The lowest BCUT2D eigenvalue weighted by molar-refractivity contribution is 0.102. The number of rotatable bonds is 3. The molecule has 0 aliphatic rings. The zero-order valence-corrected chi connectivity index (χ0v) is 11.3. The first-order valence-electron chi connectivity index (χ1n) is 5.85. The second-order valence-electron chi connectivity index (χ2n) is 3.98. The molecule has 1 aromatic carbocycles. The molecule has 0 radical (unpaired) electrons. The van der Waals surface area contributed by atoms with Crippen molar-refractivity contribution in [3.8, 4) is 5.69 Å². The molecule has 0 bridgehead atoms. The normalized spacial score (nSPS) is 10.3. The Morgan fingerprint density at radius 2 is 1.95 bits per heavy atom. The molecule has 0 fully saturated rings. The fourth-order valence-electron chi connectivity index (χ4n) is 1.60. The molecule has 21 heavy (non-hydrogen) atoms. The monoisotopic (exact) mass is 301 g/mol. The van der Waals surface area contributed by atoms with Crippen molar-refractivity contribution in [3.63, 3.8) is 0 Å². The highest BCUT2D eigenvalue weighted by Crippen LogP contribution is 2.13. The van der Waals surface area contributed by atoms with Crippen LogP contribution in [0.15, 0.2) is 43.0 Å². The van der Waals surface area contributed by atoms with E-state index < -0.39 is 0 Å². The summed E-state index contributed by atoms with van der Waals surface area (Å²) in [7, 11) is 0. The molecule has 3 rings (SSSR count). The zero-order valence-electron chi connectivity index (χ0n) is 10.5. The molecule has 0 saturated heterocycles. The molecule has 9 heteroatoms. The van der Waals surface area contributed by atoms with Crippen molar-refractivity contribution >= 4 is 23.2 Å². The molecule has 0 saturated carbocycles. The standard InChI is InChI=1S/C12H8ClN7O/c13-11-6-14-10(5-15-11)12(21)17-8-1-3-9(4-2-8)20-7-16-18-19-20/h1-7H,(H,17,21). The average molecular weight is 302 g/mol. The van der Waals surface area contributed by atoms with Gasteiger partial charge in [-0.2, -0.15) is 0 Å². The van der Waals surface area contributed by atoms with Gasteiger partial charge in [-0.1, -0.05) is 11.6 Å². The lowest BCUT2D eigenvalue weighted by Crippen LogP contribution is -2.13. The van der Waals surface area contributed by atoms with Gasteiger partial charge in [-0.05, 0) is 34.7 Å². The van der Waals surface area contributed by atoms with Gasteiger partial charge in [0, 0.05) is 5.69 Å². The van der Waals surface area contributed by atoms with Gasteiger partial charge in [0.25, 0.3) is 5.91 Å². The highest BCUT2D eigenvalue weighted by atomic mass is 35.5. The minimum atomic E-state index is -0.366. The molecule has 0 spiro atoms. The molecule has 104 valence electrons. The number of carbonyl (C=O) groups excluding carboxylic acids is 1. The lowest BCUT2D eigenvalue weighted by atomic mass is 10.2. The Morgan fingerprint density at radius 3 is 2.57 bits per heavy atom. The van der Waals surface area contributed by atoms with Crippen molar-refractivity contribution in [2.24, 2.45) is 0 Å². The van der Waals surface area contributed by atoms with E-state index in [4.69, 9.17) is 11.6 Å². The van der Waals surface area contributed by atoms with Gasteiger partial charge < -0.3 is 5.32 Å². The van der Waals surface area contributed by atoms with Crippen LogP contribution in [0.4, 0.5) is 5.69 Å². The summed E-state index contributed by atoms with van der Waals surface area (Å²) in [4.78, 5) is 19.6. The van der Waals surface area contributed by atoms with Crippen molar-refractivity contribution in [2.75, 3.05) is 5.32 Å². The van der Waals surface area contributed by atoms with Gasteiger partial charge in [0.1, 0.15) is 17.2 Å². The first kappa shape index (κ1) is 13.1. The zero-order chi connectivity index (χ0) is 14.7. The quantitative estimate of drug-likeness (QED) is 0.784. The number of aromatic nitrogens is 6. The van der Waals surface area contributed by atoms with E-state index in [2.05, 4.69) is 30.8 Å². The minimum absolute atomic E-state index is 0.184. The van der Waals surface area contributed by atoms with Crippen LogP contribution in [0.2, 0.25) is 5.15 Å². The Hall–Kier alpha value is -2.87. The number of anilines is 1. The van der Waals surface area contributed by atoms with Crippen molar-refractivity contribution in [1.82, 2.24) is 30.2 Å². The van der Waals surface area contributed by atoms with Crippen LogP contribution in [0.25, 0.3) is 5.69 Å². The third kappa shape index (κ3) is 3.00. The molecule has 0 aliphatic carbocycles. The van der Waals surface area contributed by atoms with E-state index in [1.54, 1.807) is 24.3 Å². The summed E-state index contributed by atoms with van der Waals surface area (Å²) < 4.78 is 1.51. The van der Waals surface area contributed by atoms with E-state index in [0.717, 1.165) is 5.69 Å². The molecule has 0 aliphatic heterocycles. The molecule has 2 aromatic heterocycles. The van der Waals surface area contributed by atoms with Gasteiger partial charge in [0.15, 0.2) is 0 Å². The fraction of sp³-hybridized carbons (Fsp3) is 0. The Bertz CT molecular complexity index is 740. The van der Waals surface area contributed by atoms with Crippen LogP contribution < -0.4 is 5.32 Å². The fourth-order valence-corrected chi connectivity index (χ4v) is 1.70. The maximum absolute atomic E-state index is 11.9. The van der Waals surface area contributed by atoms with Crippen molar-refractivity contribution in [2.45, 2.75) is 0 Å². The van der Waals surface area contributed by atoms with Gasteiger partial charge in [0.05, 0.1) is 18.1 Å². The van der Waals surface area contributed by atoms with Crippen LogP contribution in [0.1, 0.15) is 10.5 Å². The Labute approximate surface area is 123 Å². The smallest absolute Gasteiger partial charge is 0.275 e. The first-order chi connectivity index (χ1) is 10.2. The molecule has 0 atom stereocenters. The van der Waals surface area contributed by atoms with Gasteiger partial charge in [-0.25, -0.2) is 14.6 Å². The van der Waals surface area contributed by atoms with E-state index >= 15 is 0 Å². The summed E-state index contributed by atoms with van der Waals surface area (Å²) in [6.07, 6.45) is 4.11. The number of halogens is 1. The van der Waals surface area contributed by atoms with Crippen LogP contribution in [-0.2, 0) is 0 Å². The highest BCUT2D eigenvalue weighted by molar-refractivity contribution is 6.29. The van der Waals surface area contributed by atoms with Crippen LogP contribution in [0.5, 0.6) is 0 Å². The summed E-state index contributed by atoms with van der Waals surface area (Å²) in [5, 5.41) is 13.8. The number of benzene rings is 1. The van der Waals surface area contributed by atoms with E-state index in [1.165, 1.54) is 23.4 Å². The SMILES string of the molecule is O=C(Nc1ccc(-n2cnnn2)cc1)c1cnc(Cl)cn1. The predicted molar refractivity (Wildman–Crippen MR) is 74.1 cm³/mol. The molecular weight excluding hydrogens is 294 g/mol. The maximum atomic E-state index is 11.9. The second-order valence-corrected chi connectivity index (χ2v) is 4.37. The largest absolute Gasteiger partial charge is 0.321 e. The van der Waals surface area contributed by atoms with Crippen LogP contribution >= 0.6 is 11.6 Å². The third-order valence-electron chi connectivity index (χ3n) is 2.59. The maximum Gasteiger partial charge on any atom is 0.275 e. The van der Waals surface area contributed by atoms with E-state index in [0.29, 0.717) is 5.69 Å². The molecule has 1 amide bonds. The summed E-state index contributed by atoms with van der Waals surface area (Å²) in [6.45, 7) is 0. The van der Waals surface area contributed by atoms with Crippen molar-refractivity contribution in [3.05, 3.63) is 53.8 Å². The Morgan fingerprint density at radius 1 is 1.14 bits per heavy atom. The van der Waals surface area contributed by atoms with E-state index in [-0.39, 0.29) is 16.8 Å². The lowest BCUT2D eigenvalue weighted by Gasteiger charge is -2.05. The summed E-state index contributed by atoms with van der Waals surface area (Å²) in [5.41, 5.74) is 1.59. The number of carbonyl (C=O) groups is 1. The molecule has 8 nitrogen and oxygen atoms in total. The van der Waals surface area contributed by atoms with Gasteiger partial charge in [-0.15, -0.1) is 5.10 Å². The Balaban J connectivity index is 1.73. The number of tetrazole rings is 1. The van der Waals surface area contributed by atoms with E-state index in [9.17, 15) is 4.79 Å². The summed E-state index contributed by atoms with van der Waals surface area (Å²) in [5.74, 6) is -0.366. The molecule has 3 aromatic rings. The van der Waals surface area contributed by atoms with Gasteiger partial charge in [0.2, 0.25) is 0 Å². The third-order valence-corrected chi connectivity index (χ3v) is 2.79. The van der Waals surface area contributed by atoms with Crippen LogP contribution in [0.3, 0.4) is 0 Å². The summed E-state index contributed by atoms with van der Waals surface area (Å²) in [6, 6.07) is 7.02. The van der Waals surface area contributed by atoms with Crippen molar-refractivity contribution in [1.29, 1.82) is 0 Å². The molecule has 0 unspecified atom stereocenters. The van der Waals surface area contributed by atoms with Crippen LogP contribution in [-0.4, -0.2) is 36.1 Å². The highest BCUT2D eigenvalue weighted by Gasteiger charge is 2.08. The van der Waals surface area contributed by atoms with Crippen molar-refractivity contribution < 1.29 is 4.79 Å². The van der Waals surface area contributed by atoms with Gasteiger partial charge >= 0.3 is 0 Å². The van der Waals surface area contributed by atoms with Crippen LogP contribution in [0, 0.1) is 0 Å². The number of hydrogen-bond acceptors (Lipinski definition) is 6. The average Bonchev–Trinajstić information content (AvgIpc) is 3.03. The van der Waals surface area contributed by atoms with Gasteiger partial charge in [-0.3, -0.25) is 4.79 Å².